The van der Waals surface area contributed by atoms with Crippen LogP contribution in [0.2, 0.25) is 10.0 Å². The minimum Gasteiger partial charge on any atom is -0.494 e. The predicted molar refractivity (Wildman–Crippen MR) is 162 cm³/mol. The van der Waals surface area contributed by atoms with Crippen LogP contribution in [0, 0.1) is 5.92 Å². The molecule has 2 heterocycles. The van der Waals surface area contributed by atoms with Crippen LogP contribution in [-0.2, 0) is 20.7 Å². The number of fused-ring (bicyclic) bond motifs is 1. The molecule has 0 aromatic heterocycles. The molecular formula is C31H41Cl2N3O4. The van der Waals surface area contributed by atoms with Crippen LogP contribution in [0.25, 0.3) is 0 Å². The van der Waals surface area contributed by atoms with Crippen molar-refractivity contribution < 1.29 is 19.1 Å². The number of carbonyl (C=O) groups excluding carboxylic acids is 2. The molecule has 0 radical (unpaired) electrons. The average Bonchev–Trinajstić information content (AvgIpc) is 2.94. The molecule has 7 nitrogen and oxygen atoms in total. The Morgan fingerprint density at radius 1 is 1.00 bits per heavy atom. The third-order valence-corrected chi connectivity index (χ3v) is 8.31. The Labute approximate surface area is 248 Å². The second-order valence-corrected chi connectivity index (χ2v) is 11.7. The quantitative estimate of drug-likeness (QED) is 0.206. The number of ether oxygens (including phenoxy) is 2. The van der Waals surface area contributed by atoms with Crippen molar-refractivity contribution in [1.82, 2.24) is 4.90 Å². The minimum absolute atomic E-state index is 0.0228. The van der Waals surface area contributed by atoms with E-state index in [-0.39, 0.29) is 17.8 Å². The molecular weight excluding hydrogens is 549 g/mol. The summed E-state index contributed by atoms with van der Waals surface area (Å²) in [6.45, 7) is 11.3. The van der Waals surface area contributed by atoms with Crippen LogP contribution in [0.3, 0.4) is 0 Å². The maximum atomic E-state index is 13.0. The Bertz CT molecular complexity index is 1170. The number of hydrogen-bond donors (Lipinski definition) is 0. The van der Waals surface area contributed by atoms with Gasteiger partial charge < -0.3 is 14.4 Å². The second-order valence-electron chi connectivity index (χ2n) is 10.9. The lowest BCUT2D eigenvalue weighted by atomic mass is 9.98. The van der Waals surface area contributed by atoms with E-state index in [4.69, 9.17) is 32.7 Å². The molecule has 4 rings (SSSR count). The van der Waals surface area contributed by atoms with Gasteiger partial charge in [-0.1, -0.05) is 56.1 Å². The highest BCUT2D eigenvalue weighted by molar-refractivity contribution is 6.43. The number of amides is 1. The highest BCUT2D eigenvalue weighted by Crippen LogP contribution is 2.35. The molecule has 1 fully saturated rings. The molecule has 1 saturated heterocycles. The van der Waals surface area contributed by atoms with Crippen molar-refractivity contribution in [2.75, 3.05) is 49.1 Å². The van der Waals surface area contributed by atoms with E-state index in [1.165, 1.54) is 0 Å². The molecule has 0 aliphatic carbocycles. The van der Waals surface area contributed by atoms with E-state index in [0.29, 0.717) is 42.3 Å². The number of rotatable bonds is 12. The highest BCUT2D eigenvalue weighted by Gasteiger charge is 2.35. The number of esters is 1. The number of carbonyl (C=O) groups is 2. The maximum absolute atomic E-state index is 13.0. The fourth-order valence-electron chi connectivity index (χ4n) is 5.31. The fraction of sp³-hybridized carbons (Fsp3) is 0.548. The molecule has 1 atom stereocenters. The Kier molecular flexibility index (Phi) is 11.0. The summed E-state index contributed by atoms with van der Waals surface area (Å²) < 4.78 is 11.9. The number of benzene rings is 2. The number of nitrogens with zero attached hydrogens (tertiary/aromatic N) is 3. The van der Waals surface area contributed by atoms with Crippen molar-refractivity contribution in [2.24, 2.45) is 5.92 Å². The standard InChI is InChI=1S/C31H41Cl2N3O4/c1-4-8-29(38)40-31(22(2)3)36-27-21-24(13-11-23(27)12-14-28(36)37)39-20-6-5-15-34-16-18-35(19-17-34)26-10-7-9-25(32)30(26)33/h7,9-11,13,21-22,31H,4-6,8,12,14-20H2,1-3H3/t31-/m1/s1. The van der Waals surface area contributed by atoms with Gasteiger partial charge >= 0.3 is 5.97 Å². The van der Waals surface area contributed by atoms with Crippen molar-refractivity contribution in [3.63, 3.8) is 0 Å². The lowest BCUT2D eigenvalue weighted by Gasteiger charge is -2.37. The summed E-state index contributed by atoms with van der Waals surface area (Å²) >= 11 is 12.6. The van der Waals surface area contributed by atoms with Gasteiger partial charge in [0, 0.05) is 51.0 Å². The smallest absolute Gasteiger partial charge is 0.307 e. The summed E-state index contributed by atoms with van der Waals surface area (Å²) in [5.41, 5.74) is 2.86. The van der Waals surface area contributed by atoms with Gasteiger partial charge in [-0.15, -0.1) is 0 Å². The maximum Gasteiger partial charge on any atom is 0.307 e. The molecule has 218 valence electrons. The predicted octanol–water partition coefficient (Wildman–Crippen LogP) is 6.58. The van der Waals surface area contributed by atoms with Gasteiger partial charge in [-0.05, 0) is 56.0 Å². The minimum atomic E-state index is -0.629. The van der Waals surface area contributed by atoms with Gasteiger partial charge in [0.15, 0.2) is 6.23 Å². The first kappa shape index (κ1) is 30.5. The molecule has 2 aromatic rings. The SMILES string of the molecule is CCCC(=O)O[C@H](C(C)C)N1C(=O)CCc2ccc(OCCCCN3CCN(c4cccc(Cl)c4Cl)CC3)cc21. The zero-order chi connectivity index (χ0) is 28.6. The normalized spacial score (nSPS) is 16.7. The summed E-state index contributed by atoms with van der Waals surface area (Å²) in [7, 11) is 0. The van der Waals surface area contributed by atoms with Crippen LogP contribution < -0.4 is 14.5 Å². The van der Waals surface area contributed by atoms with Gasteiger partial charge in [0.05, 0.1) is 28.0 Å². The summed E-state index contributed by atoms with van der Waals surface area (Å²) in [5, 5.41) is 1.22. The number of unbranched alkanes of at least 4 members (excludes halogenated alkanes) is 1. The van der Waals surface area contributed by atoms with Gasteiger partial charge in [0.25, 0.3) is 0 Å². The summed E-state index contributed by atoms with van der Waals surface area (Å²) in [5.74, 6) is 0.395. The molecule has 0 bridgehead atoms. The number of piperazine rings is 1. The first-order chi connectivity index (χ1) is 19.3. The molecule has 0 spiro atoms. The fourth-order valence-corrected chi connectivity index (χ4v) is 5.72. The number of aryl methyl sites for hydroxylation is 1. The number of halogens is 2. The second kappa shape index (κ2) is 14.4. The van der Waals surface area contributed by atoms with Crippen molar-refractivity contribution in [1.29, 1.82) is 0 Å². The Hall–Kier alpha value is -2.48. The van der Waals surface area contributed by atoms with Crippen molar-refractivity contribution in [3.8, 4) is 5.75 Å². The number of hydrogen-bond acceptors (Lipinski definition) is 6. The third kappa shape index (κ3) is 7.62. The molecule has 0 unspecified atom stereocenters. The van der Waals surface area contributed by atoms with Crippen LogP contribution in [-0.4, -0.2) is 62.3 Å². The number of anilines is 2. The first-order valence-electron chi connectivity index (χ1n) is 14.5. The van der Waals surface area contributed by atoms with Gasteiger partial charge in [0.2, 0.25) is 5.91 Å². The Balaban J connectivity index is 1.27. The van der Waals surface area contributed by atoms with Gasteiger partial charge in [-0.3, -0.25) is 19.4 Å². The van der Waals surface area contributed by atoms with E-state index in [2.05, 4.69) is 9.80 Å². The molecule has 2 aliphatic rings. The molecule has 1 amide bonds. The topological polar surface area (TPSA) is 62.3 Å². The molecule has 0 N–H and O–H groups in total. The average molecular weight is 591 g/mol. The molecule has 9 heteroatoms. The van der Waals surface area contributed by atoms with Crippen LogP contribution >= 0.6 is 23.2 Å². The lowest BCUT2D eigenvalue weighted by molar-refractivity contribution is -0.152. The van der Waals surface area contributed by atoms with E-state index >= 15 is 0 Å². The van der Waals surface area contributed by atoms with Crippen LogP contribution in [0.1, 0.15) is 58.4 Å². The van der Waals surface area contributed by atoms with Gasteiger partial charge in [-0.25, -0.2) is 0 Å². The lowest BCUT2D eigenvalue weighted by Crippen LogP contribution is -2.48. The summed E-state index contributed by atoms with van der Waals surface area (Å²) in [4.78, 5) is 31.8. The van der Waals surface area contributed by atoms with Crippen molar-refractivity contribution in [3.05, 3.63) is 52.0 Å². The van der Waals surface area contributed by atoms with Crippen LogP contribution in [0.15, 0.2) is 36.4 Å². The van der Waals surface area contributed by atoms with E-state index in [0.717, 1.165) is 68.3 Å². The van der Waals surface area contributed by atoms with Gasteiger partial charge in [-0.2, -0.15) is 0 Å². The summed E-state index contributed by atoms with van der Waals surface area (Å²) in [6, 6.07) is 11.7. The Morgan fingerprint density at radius 3 is 2.50 bits per heavy atom. The van der Waals surface area contributed by atoms with E-state index in [1.807, 2.05) is 57.2 Å². The van der Waals surface area contributed by atoms with Crippen LogP contribution in [0.4, 0.5) is 11.4 Å². The van der Waals surface area contributed by atoms with Gasteiger partial charge in [0.1, 0.15) is 5.75 Å². The molecule has 40 heavy (non-hydrogen) atoms. The monoisotopic (exact) mass is 589 g/mol. The van der Waals surface area contributed by atoms with E-state index in [1.54, 1.807) is 4.90 Å². The zero-order valence-corrected chi connectivity index (χ0v) is 25.3. The zero-order valence-electron chi connectivity index (χ0n) is 23.8. The van der Waals surface area contributed by atoms with Crippen LogP contribution in [0.5, 0.6) is 5.75 Å². The molecule has 2 aromatic carbocycles. The largest absolute Gasteiger partial charge is 0.494 e. The van der Waals surface area contributed by atoms with Crippen molar-refractivity contribution in [2.45, 2.75) is 65.5 Å². The van der Waals surface area contributed by atoms with E-state index < -0.39 is 6.23 Å². The van der Waals surface area contributed by atoms with Crippen molar-refractivity contribution >= 4 is 46.5 Å². The first-order valence-corrected chi connectivity index (χ1v) is 15.2. The Morgan fingerprint density at radius 2 is 1.77 bits per heavy atom. The third-order valence-electron chi connectivity index (χ3n) is 7.51. The van der Waals surface area contributed by atoms with E-state index in [9.17, 15) is 9.59 Å². The summed E-state index contributed by atoms with van der Waals surface area (Å²) in [6.07, 6.45) is 3.47. The highest BCUT2D eigenvalue weighted by atomic mass is 35.5. The molecule has 0 saturated carbocycles. The molecule has 2 aliphatic heterocycles.